The van der Waals surface area contributed by atoms with Crippen molar-refractivity contribution in [3.8, 4) is 0 Å². The Morgan fingerprint density at radius 3 is 3.00 bits per heavy atom. The average Bonchev–Trinajstić information content (AvgIpc) is 2.23. The topological polar surface area (TPSA) is 22.1 Å². The lowest BCUT2D eigenvalue weighted by atomic mass is 9.98. The lowest BCUT2D eigenvalue weighted by molar-refractivity contribution is 0.0793. The van der Waals surface area contributed by atoms with Crippen molar-refractivity contribution in [2.45, 2.75) is 25.7 Å². The van der Waals surface area contributed by atoms with Crippen molar-refractivity contribution >= 4 is 15.9 Å². The van der Waals surface area contributed by atoms with E-state index in [0.29, 0.717) is 5.92 Å². The van der Waals surface area contributed by atoms with Crippen molar-refractivity contribution in [1.82, 2.24) is 4.98 Å². The molecular weight excluding hydrogens is 242 g/mol. The predicted molar refractivity (Wildman–Crippen MR) is 59.5 cm³/mol. The molecule has 0 aliphatic carbocycles. The summed E-state index contributed by atoms with van der Waals surface area (Å²) in [7, 11) is 0. The lowest BCUT2D eigenvalue weighted by Gasteiger charge is -2.21. The summed E-state index contributed by atoms with van der Waals surface area (Å²) in [6, 6.07) is 4.17. The monoisotopic (exact) mass is 255 g/mol. The van der Waals surface area contributed by atoms with E-state index in [-0.39, 0.29) is 0 Å². The Hall–Kier alpha value is -0.410. The number of ether oxygens (including phenoxy) is 1. The van der Waals surface area contributed by atoms with E-state index in [1.165, 1.54) is 12.1 Å². The minimum atomic E-state index is 0.496. The predicted octanol–water partition coefficient (Wildman–Crippen LogP) is 3.05. The minimum absolute atomic E-state index is 0.496. The molecule has 0 bridgehead atoms. The van der Waals surface area contributed by atoms with Gasteiger partial charge >= 0.3 is 0 Å². The molecule has 2 heterocycles. The summed E-state index contributed by atoms with van der Waals surface area (Å²) in [5.74, 6) is 0.496. The van der Waals surface area contributed by atoms with Crippen LogP contribution in [0.15, 0.2) is 16.6 Å². The molecular formula is C11H14BrNO. The van der Waals surface area contributed by atoms with Crippen molar-refractivity contribution in [3.63, 3.8) is 0 Å². The maximum atomic E-state index is 5.45. The Morgan fingerprint density at radius 1 is 1.50 bits per heavy atom. The van der Waals surface area contributed by atoms with Crippen LogP contribution in [-0.4, -0.2) is 18.2 Å². The highest BCUT2D eigenvalue weighted by Gasteiger charge is 2.17. The summed E-state index contributed by atoms with van der Waals surface area (Å²) in [5, 5.41) is 0. The second-order valence-electron chi connectivity index (χ2n) is 3.72. The van der Waals surface area contributed by atoms with E-state index < -0.39 is 0 Å². The van der Waals surface area contributed by atoms with Crippen LogP contribution in [0, 0.1) is 6.92 Å². The van der Waals surface area contributed by atoms with Crippen LogP contribution in [0.1, 0.15) is 30.1 Å². The number of hydrogen-bond donors (Lipinski definition) is 0. The molecule has 1 aromatic rings. The maximum absolute atomic E-state index is 5.45. The molecule has 14 heavy (non-hydrogen) atoms. The van der Waals surface area contributed by atoms with E-state index in [4.69, 9.17) is 4.74 Å². The fourth-order valence-electron chi connectivity index (χ4n) is 1.76. The van der Waals surface area contributed by atoms with Crippen LogP contribution >= 0.6 is 15.9 Å². The van der Waals surface area contributed by atoms with E-state index in [2.05, 4.69) is 33.0 Å². The molecule has 2 nitrogen and oxygen atoms in total. The van der Waals surface area contributed by atoms with Gasteiger partial charge < -0.3 is 4.74 Å². The first-order valence-corrected chi connectivity index (χ1v) is 5.77. The zero-order valence-corrected chi connectivity index (χ0v) is 9.88. The second kappa shape index (κ2) is 4.41. The molecule has 2 rings (SSSR count). The summed E-state index contributed by atoms with van der Waals surface area (Å²) in [5.41, 5.74) is 2.23. The van der Waals surface area contributed by atoms with Crippen LogP contribution in [0.25, 0.3) is 0 Å². The fourth-order valence-corrected chi connectivity index (χ4v) is 1.99. The van der Waals surface area contributed by atoms with Gasteiger partial charge in [0.25, 0.3) is 0 Å². The van der Waals surface area contributed by atoms with E-state index in [0.717, 1.165) is 29.8 Å². The Bertz CT molecular complexity index is 321. The van der Waals surface area contributed by atoms with Crippen LogP contribution in [0.5, 0.6) is 0 Å². The molecule has 0 spiro atoms. The summed E-state index contributed by atoms with van der Waals surface area (Å²) in [6.45, 7) is 3.76. The smallest absolute Gasteiger partial charge is 0.0549 e. The molecule has 1 aliphatic heterocycles. The molecule has 3 heteroatoms. The van der Waals surface area contributed by atoms with Gasteiger partial charge in [0.1, 0.15) is 0 Å². The Balaban J connectivity index is 2.18. The second-order valence-corrected chi connectivity index (χ2v) is 4.57. The van der Waals surface area contributed by atoms with Crippen LogP contribution in [0.2, 0.25) is 0 Å². The molecule has 0 saturated carbocycles. The van der Waals surface area contributed by atoms with Crippen LogP contribution < -0.4 is 0 Å². The summed E-state index contributed by atoms with van der Waals surface area (Å²) in [4.78, 5) is 4.57. The van der Waals surface area contributed by atoms with Gasteiger partial charge in [-0.3, -0.25) is 4.98 Å². The minimum Gasteiger partial charge on any atom is -0.381 e. The molecule has 1 saturated heterocycles. The van der Waals surface area contributed by atoms with Crippen LogP contribution in [0.4, 0.5) is 0 Å². The Kier molecular flexibility index (Phi) is 3.19. The maximum Gasteiger partial charge on any atom is 0.0549 e. The highest BCUT2D eigenvalue weighted by molar-refractivity contribution is 9.10. The molecule has 76 valence electrons. The van der Waals surface area contributed by atoms with Gasteiger partial charge in [-0.15, -0.1) is 0 Å². The number of aromatic nitrogens is 1. The standard InChI is InChI=1S/C11H14BrNO/c1-8-10(12)4-5-11(13-8)9-3-2-6-14-7-9/h4-5,9H,2-3,6-7H2,1H3. The molecule has 1 fully saturated rings. The van der Waals surface area contributed by atoms with E-state index in [1.54, 1.807) is 0 Å². The van der Waals surface area contributed by atoms with E-state index in [9.17, 15) is 0 Å². The van der Waals surface area contributed by atoms with Crippen molar-refractivity contribution in [2.75, 3.05) is 13.2 Å². The number of rotatable bonds is 1. The molecule has 1 aliphatic rings. The first kappa shape index (κ1) is 10.1. The molecule has 0 N–H and O–H groups in total. The fraction of sp³-hybridized carbons (Fsp3) is 0.545. The van der Waals surface area contributed by atoms with Crippen LogP contribution in [0.3, 0.4) is 0 Å². The van der Waals surface area contributed by atoms with Gasteiger partial charge in [-0.1, -0.05) is 0 Å². The van der Waals surface area contributed by atoms with Gasteiger partial charge in [-0.2, -0.15) is 0 Å². The van der Waals surface area contributed by atoms with Crippen LogP contribution in [-0.2, 0) is 4.74 Å². The van der Waals surface area contributed by atoms with Gasteiger partial charge in [0.2, 0.25) is 0 Å². The Labute approximate surface area is 92.8 Å². The van der Waals surface area contributed by atoms with Gasteiger partial charge in [0.05, 0.1) is 12.3 Å². The number of halogens is 1. The average molecular weight is 256 g/mol. The number of nitrogens with zero attached hydrogens (tertiary/aromatic N) is 1. The molecule has 0 aromatic carbocycles. The SMILES string of the molecule is Cc1nc(C2CCCOC2)ccc1Br. The summed E-state index contributed by atoms with van der Waals surface area (Å²) in [6.07, 6.45) is 2.36. The molecule has 1 atom stereocenters. The number of hydrogen-bond acceptors (Lipinski definition) is 2. The van der Waals surface area contributed by atoms with Crippen molar-refractivity contribution in [1.29, 1.82) is 0 Å². The normalized spacial score (nSPS) is 22.3. The highest BCUT2D eigenvalue weighted by Crippen LogP contribution is 2.25. The van der Waals surface area contributed by atoms with Crippen molar-refractivity contribution < 1.29 is 4.74 Å². The number of pyridine rings is 1. The van der Waals surface area contributed by atoms with Gasteiger partial charge in [-0.05, 0) is 47.8 Å². The summed E-state index contributed by atoms with van der Waals surface area (Å²) >= 11 is 3.46. The summed E-state index contributed by atoms with van der Waals surface area (Å²) < 4.78 is 6.54. The third-order valence-corrected chi connectivity index (χ3v) is 3.46. The van der Waals surface area contributed by atoms with Gasteiger partial charge in [0.15, 0.2) is 0 Å². The third kappa shape index (κ3) is 2.15. The van der Waals surface area contributed by atoms with Crippen molar-refractivity contribution in [3.05, 3.63) is 28.0 Å². The first-order valence-electron chi connectivity index (χ1n) is 4.98. The highest BCUT2D eigenvalue weighted by atomic mass is 79.9. The largest absolute Gasteiger partial charge is 0.381 e. The Morgan fingerprint density at radius 2 is 2.36 bits per heavy atom. The zero-order valence-electron chi connectivity index (χ0n) is 8.29. The van der Waals surface area contributed by atoms with Gasteiger partial charge in [0, 0.05) is 22.7 Å². The van der Waals surface area contributed by atoms with Gasteiger partial charge in [-0.25, -0.2) is 0 Å². The first-order chi connectivity index (χ1) is 6.77. The molecule has 1 aromatic heterocycles. The van der Waals surface area contributed by atoms with E-state index >= 15 is 0 Å². The lowest BCUT2D eigenvalue weighted by Crippen LogP contribution is -2.16. The molecule has 0 amide bonds. The zero-order chi connectivity index (χ0) is 9.97. The molecule has 1 unspecified atom stereocenters. The molecule has 0 radical (unpaired) electrons. The quantitative estimate of drug-likeness (QED) is 0.770. The third-order valence-electron chi connectivity index (χ3n) is 2.62. The van der Waals surface area contributed by atoms with E-state index in [1.807, 2.05) is 6.92 Å². The van der Waals surface area contributed by atoms with Crippen molar-refractivity contribution in [2.24, 2.45) is 0 Å². The number of aryl methyl sites for hydroxylation is 1.